The van der Waals surface area contributed by atoms with Crippen LogP contribution in [-0.4, -0.2) is 28.5 Å². The third-order valence-electron chi connectivity index (χ3n) is 3.26. The molecule has 1 aromatic carbocycles. The van der Waals surface area contributed by atoms with E-state index in [-0.39, 0.29) is 0 Å². The maximum Gasteiger partial charge on any atom is 0.344 e. The summed E-state index contributed by atoms with van der Waals surface area (Å²) in [5.41, 5.74) is 1.66. The maximum absolute atomic E-state index is 12.1. The van der Waals surface area contributed by atoms with Crippen molar-refractivity contribution < 1.29 is 14.4 Å². The molecule has 21 heavy (non-hydrogen) atoms. The summed E-state index contributed by atoms with van der Waals surface area (Å²) in [5, 5.41) is 6.15. The zero-order valence-corrected chi connectivity index (χ0v) is 12.3. The summed E-state index contributed by atoms with van der Waals surface area (Å²) in [6.45, 7) is 3.37. The van der Waals surface area contributed by atoms with Gasteiger partial charge in [0.1, 0.15) is 5.54 Å². The summed E-state index contributed by atoms with van der Waals surface area (Å²) >= 11 is 5.80. The van der Waals surface area contributed by atoms with E-state index in [2.05, 4.69) is 16.1 Å². The number of carbonyl (C=O) groups excluding carboxylic acids is 3. The predicted molar refractivity (Wildman–Crippen MR) is 77.7 cm³/mol. The molecule has 1 fully saturated rings. The van der Waals surface area contributed by atoms with E-state index >= 15 is 0 Å². The average Bonchev–Trinajstić information content (AvgIpc) is 2.63. The Kier molecular flexibility index (Phi) is 4.04. The highest BCUT2D eigenvalue weighted by Gasteiger charge is 2.47. The summed E-state index contributed by atoms with van der Waals surface area (Å²) in [7, 11) is 0. The first-order valence-corrected chi connectivity index (χ1v) is 6.73. The second kappa shape index (κ2) is 5.61. The molecule has 0 aromatic heterocycles. The summed E-state index contributed by atoms with van der Waals surface area (Å²) in [4.78, 5) is 35.7. The second-order valence-electron chi connectivity index (χ2n) is 4.83. The molecular formula is C13H15ClN4O3. The number of imide groups is 1. The van der Waals surface area contributed by atoms with Crippen molar-refractivity contribution in [3.8, 4) is 0 Å². The Morgan fingerprint density at radius 2 is 2.14 bits per heavy atom. The summed E-state index contributed by atoms with van der Waals surface area (Å²) in [6.07, 6.45) is 0.422. The minimum absolute atomic E-state index is 0.422. The van der Waals surface area contributed by atoms with Gasteiger partial charge in [0.2, 0.25) is 0 Å². The molecule has 0 bridgehead atoms. The molecule has 1 aromatic rings. The number of rotatable bonds is 3. The number of hydrogen-bond donors (Lipinski definition) is 3. The van der Waals surface area contributed by atoms with Crippen LogP contribution < -0.4 is 16.1 Å². The monoisotopic (exact) mass is 310 g/mol. The molecule has 0 aliphatic carbocycles. The highest BCUT2D eigenvalue weighted by Crippen LogP contribution is 2.19. The third kappa shape index (κ3) is 3.08. The number of hydrazine groups is 1. The van der Waals surface area contributed by atoms with E-state index in [0.29, 0.717) is 22.1 Å². The molecule has 1 atom stereocenters. The summed E-state index contributed by atoms with van der Waals surface area (Å²) in [6, 6.07) is 5.14. The largest absolute Gasteiger partial charge is 0.344 e. The van der Waals surface area contributed by atoms with E-state index in [4.69, 9.17) is 11.6 Å². The van der Waals surface area contributed by atoms with Gasteiger partial charge >= 0.3 is 12.1 Å². The lowest BCUT2D eigenvalue weighted by Crippen LogP contribution is -2.49. The fourth-order valence-electron chi connectivity index (χ4n) is 1.85. The van der Waals surface area contributed by atoms with Crippen molar-refractivity contribution in [3.05, 3.63) is 29.3 Å². The van der Waals surface area contributed by atoms with Gasteiger partial charge in [-0.05, 0) is 31.5 Å². The molecule has 2 rings (SSSR count). The number of nitrogens with zero attached hydrogens (tertiary/aromatic N) is 1. The number of carbonyl (C=O) groups is 3. The molecular weight excluding hydrogens is 296 g/mol. The van der Waals surface area contributed by atoms with E-state index in [1.165, 1.54) is 0 Å². The molecule has 1 aliphatic heterocycles. The molecule has 0 spiro atoms. The van der Waals surface area contributed by atoms with Gasteiger partial charge in [0.05, 0.1) is 0 Å². The molecule has 1 unspecified atom stereocenters. The van der Waals surface area contributed by atoms with Gasteiger partial charge in [-0.3, -0.25) is 4.79 Å². The fraction of sp³-hybridized carbons (Fsp3) is 0.308. The van der Waals surface area contributed by atoms with E-state index < -0.39 is 23.5 Å². The van der Waals surface area contributed by atoms with Gasteiger partial charge in [-0.1, -0.05) is 24.6 Å². The lowest BCUT2D eigenvalue weighted by Gasteiger charge is -2.19. The van der Waals surface area contributed by atoms with Gasteiger partial charge in [-0.2, -0.15) is 5.01 Å². The van der Waals surface area contributed by atoms with Crippen LogP contribution in [0.25, 0.3) is 0 Å². The first kappa shape index (κ1) is 15.1. The van der Waals surface area contributed by atoms with Gasteiger partial charge in [-0.25, -0.2) is 15.0 Å². The average molecular weight is 311 g/mol. The van der Waals surface area contributed by atoms with Crippen molar-refractivity contribution in [2.24, 2.45) is 0 Å². The summed E-state index contributed by atoms with van der Waals surface area (Å²) in [5.74, 6) is -0.503. The standard InChI is InChI=1S/C13H15ClN4O3/c1-3-13(2)10(19)18(12(21)16-13)17-11(20)15-9-6-4-5-8(14)7-9/h4-7H,3H2,1-2H3,(H,16,21)(H2,15,17,20). The third-order valence-corrected chi connectivity index (χ3v) is 3.50. The number of hydrogen-bond acceptors (Lipinski definition) is 3. The van der Waals surface area contributed by atoms with Crippen LogP contribution in [0.4, 0.5) is 15.3 Å². The van der Waals surface area contributed by atoms with Gasteiger partial charge in [0.15, 0.2) is 0 Å². The van der Waals surface area contributed by atoms with Crippen LogP contribution in [0.1, 0.15) is 20.3 Å². The molecule has 0 radical (unpaired) electrons. The number of nitrogens with one attached hydrogen (secondary N) is 3. The molecule has 7 nitrogen and oxygen atoms in total. The number of halogens is 1. The topological polar surface area (TPSA) is 90.5 Å². The maximum atomic E-state index is 12.1. The normalized spacial score (nSPS) is 21.2. The lowest BCUT2D eigenvalue weighted by molar-refractivity contribution is -0.132. The van der Waals surface area contributed by atoms with Crippen molar-refractivity contribution in [3.63, 3.8) is 0 Å². The van der Waals surface area contributed by atoms with Crippen molar-refractivity contribution in [1.82, 2.24) is 15.8 Å². The van der Waals surface area contributed by atoms with Crippen LogP contribution in [-0.2, 0) is 4.79 Å². The van der Waals surface area contributed by atoms with Crippen LogP contribution in [0.2, 0.25) is 5.02 Å². The minimum atomic E-state index is -1.000. The smallest absolute Gasteiger partial charge is 0.322 e. The zero-order chi connectivity index (χ0) is 15.6. The number of benzene rings is 1. The first-order chi connectivity index (χ1) is 9.85. The Labute approximate surface area is 126 Å². The van der Waals surface area contributed by atoms with Crippen LogP contribution in [0.5, 0.6) is 0 Å². The molecule has 1 aliphatic rings. The number of anilines is 1. The SMILES string of the molecule is CCC1(C)NC(=O)N(NC(=O)Nc2cccc(Cl)c2)C1=O. The van der Waals surface area contributed by atoms with E-state index in [1.807, 2.05) is 0 Å². The van der Waals surface area contributed by atoms with Gasteiger partial charge in [-0.15, -0.1) is 0 Å². The van der Waals surface area contributed by atoms with Crippen molar-refractivity contribution in [2.45, 2.75) is 25.8 Å². The Morgan fingerprint density at radius 3 is 2.71 bits per heavy atom. The highest BCUT2D eigenvalue weighted by molar-refractivity contribution is 6.30. The summed E-state index contributed by atoms with van der Waals surface area (Å²) < 4.78 is 0. The molecule has 1 saturated heterocycles. The highest BCUT2D eigenvalue weighted by atomic mass is 35.5. The molecule has 112 valence electrons. The fourth-order valence-corrected chi connectivity index (χ4v) is 2.04. The van der Waals surface area contributed by atoms with Crippen molar-refractivity contribution in [2.75, 3.05) is 5.32 Å². The molecule has 0 saturated carbocycles. The van der Waals surface area contributed by atoms with Crippen molar-refractivity contribution in [1.29, 1.82) is 0 Å². The lowest BCUT2D eigenvalue weighted by atomic mass is 10.00. The van der Waals surface area contributed by atoms with Gasteiger partial charge in [0.25, 0.3) is 5.91 Å². The Balaban J connectivity index is 2.03. The Bertz CT molecular complexity index is 607. The minimum Gasteiger partial charge on any atom is -0.322 e. The quantitative estimate of drug-likeness (QED) is 0.747. The van der Waals surface area contributed by atoms with Gasteiger partial charge < -0.3 is 10.6 Å². The van der Waals surface area contributed by atoms with E-state index in [9.17, 15) is 14.4 Å². The molecule has 3 N–H and O–H groups in total. The molecule has 8 heteroatoms. The van der Waals surface area contributed by atoms with Crippen molar-refractivity contribution >= 4 is 35.3 Å². The molecule has 1 heterocycles. The Hall–Kier alpha value is -2.28. The second-order valence-corrected chi connectivity index (χ2v) is 5.27. The van der Waals surface area contributed by atoms with E-state index in [1.54, 1.807) is 38.1 Å². The number of urea groups is 2. The number of amides is 5. The Morgan fingerprint density at radius 1 is 1.43 bits per heavy atom. The van der Waals surface area contributed by atoms with Crippen LogP contribution >= 0.6 is 11.6 Å². The molecule has 5 amide bonds. The van der Waals surface area contributed by atoms with E-state index in [0.717, 1.165) is 0 Å². The predicted octanol–water partition coefficient (Wildman–Crippen LogP) is 2.10. The van der Waals surface area contributed by atoms with Crippen LogP contribution in [0.15, 0.2) is 24.3 Å². The van der Waals surface area contributed by atoms with Crippen LogP contribution in [0.3, 0.4) is 0 Å². The first-order valence-electron chi connectivity index (χ1n) is 6.35. The zero-order valence-electron chi connectivity index (χ0n) is 11.6. The van der Waals surface area contributed by atoms with Crippen LogP contribution in [0, 0.1) is 0 Å². The van der Waals surface area contributed by atoms with Gasteiger partial charge in [0, 0.05) is 10.7 Å².